The number of nitrogens with one attached hydrogen (secondary N) is 1. The van der Waals surface area contributed by atoms with E-state index in [2.05, 4.69) is 15.3 Å². The number of ether oxygens (including phenoxy) is 1. The zero-order valence-corrected chi connectivity index (χ0v) is 17.3. The van der Waals surface area contributed by atoms with Crippen LogP contribution in [-0.2, 0) is 16.6 Å². The molecule has 29 heavy (non-hydrogen) atoms. The first-order valence-electron chi connectivity index (χ1n) is 9.52. The number of aromatic nitrogens is 2. The zero-order valence-electron chi connectivity index (χ0n) is 17.3. The van der Waals surface area contributed by atoms with Crippen LogP contribution < -0.4 is 20.7 Å². The summed E-state index contributed by atoms with van der Waals surface area (Å²) in [7, 11) is 3.45. The summed E-state index contributed by atoms with van der Waals surface area (Å²) in [4.78, 5) is 28.6. The van der Waals surface area contributed by atoms with Crippen molar-refractivity contribution in [3.63, 3.8) is 0 Å². The third-order valence-electron chi connectivity index (χ3n) is 5.38. The lowest BCUT2D eigenvalue weighted by atomic mass is 10.1. The van der Waals surface area contributed by atoms with E-state index in [0.717, 1.165) is 22.8 Å². The van der Waals surface area contributed by atoms with Gasteiger partial charge in [0.05, 0.1) is 30.7 Å². The molecule has 1 saturated heterocycles. The van der Waals surface area contributed by atoms with Crippen LogP contribution in [0.4, 0.5) is 11.4 Å². The first kappa shape index (κ1) is 20.7. The second kappa shape index (κ2) is 8.52. The van der Waals surface area contributed by atoms with Gasteiger partial charge in [-0.25, -0.2) is 0 Å². The van der Waals surface area contributed by atoms with E-state index in [1.165, 1.54) is 0 Å². The molecular weight excluding hydrogens is 372 g/mol. The molecule has 1 aliphatic rings. The Hall–Kier alpha value is -3.07. The SMILES string of the molecule is COc1ccc(N2CCN(CC(=O)Nc3c(C)nn(C)c3C)[C@@H](C(N)=O)C2)cc1. The smallest absolute Gasteiger partial charge is 0.238 e. The quantitative estimate of drug-likeness (QED) is 0.738. The first-order chi connectivity index (χ1) is 13.8. The maximum Gasteiger partial charge on any atom is 0.238 e. The maximum absolute atomic E-state index is 12.6. The Labute approximate surface area is 170 Å². The van der Waals surface area contributed by atoms with Crippen molar-refractivity contribution in [2.24, 2.45) is 12.8 Å². The number of primary amides is 1. The van der Waals surface area contributed by atoms with Crippen molar-refractivity contribution in [3.8, 4) is 5.75 Å². The van der Waals surface area contributed by atoms with Crippen LogP contribution in [0.5, 0.6) is 5.75 Å². The fourth-order valence-electron chi connectivity index (χ4n) is 3.63. The number of carbonyl (C=O) groups is 2. The Balaban J connectivity index is 1.66. The molecule has 1 aliphatic heterocycles. The number of benzene rings is 1. The number of hydrogen-bond acceptors (Lipinski definition) is 6. The predicted molar refractivity (Wildman–Crippen MR) is 111 cm³/mol. The minimum absolute atomic E-state index is 0.0951. The molecule has 2 heterocycles. The molecule has 0 saturated carbocycles. The van der Waals surface area contributed by atoms with Crippen LogP contribution in [0.15, 0.2) is 24.3 Å². The Bertz CT molecular complexity index is 892. The highest BCUT2D eigenvalue weighted by Crippen LogP contribution is 2.23. The van der Waals surface area contributed by atoms with Gasteiger partial charge >= 0.3 is 0 Å². The van der Waals surface area contributed by atoms with Gasteiger partial charge in [-0.15, -0.1) is 0 Å². The summed E-state index contributed by atoms with van der Waals surface area (Å²) in [5.41, 5.74) is 8.99. The molecule has 9 nitrogen and oxygen atoms in total. The first-order valence-corrected chi connectivity index (χ1v) is 9.52. The highest BCUT2D eigenvalue weighted by molar-refractivity contribution is 5.94. The van der Waals surface area contributed by atoms with E-state index in [1.807, 2.05) is 50.1 Å². The van der Waals surface area contributed by atoms with Gasteiger partial charge in [-0.1, -0.05) is 0 Å². The predicted octanol–water partition coefficient (Wildman–Crippen LogP) is 0.660. The molecule has 0 spiro atoms. The molecule has 1 aromatic heterocycles. The molecule has 0 radical (unpaired) electrons. The van der Waals surface area contributed by atoms with Crippen molar-refractivity contribution in [1.29, 1.82) is 0 Å². The van der Waals surface area contributed by atoms with Gasteiger partial charge < -0.3 is 20.7 Å². The number of anilines is 2. The molecular formula is C20H28N6O3. The van der Waals surface area contributed by atoms with Crippen molar-refractivity contribution in [3.05, 3.63) is 35.7 Å². The zero-order chi connectivity index (χ0) is 21.1. The number of nitrogens with zero attached hydrogens (tertiary/aromatic N) is 4. The van der Waals surface area contributed by atoms with E-state index in [0.29, 0.717) is 25.3 Å². The number of amides is 2. The molecule has 0 unspecified atom stereocenters. The summed E-state index contributed by atoms with van der Waals surface area (Å²) >= 11 is 0. The van der Waals surface area contributed by atoms with E-state index in [-0.39, 0.29) is 12.5 Å². The van der Waals surface area contributed by atoms with Crippen LogP contribution in [-0.4, -0.2) is 65.8 Å². The molecule has 1 fully saturated rings. The second-order valence-corrected chi connectivity index (χ2v) is 7.25. The van der Waals surface area contributed by atoms with Crippen LogP contribution in [0.3, 0.4) is 0 Å². The highest BCUT2D eigenvalue weighted by Gasteiger charge is 2.32. The molecule has 3 rings (SSSR count). The lowest BCUT2D eigenvalue weighted by Crippen LogP contribution is -2.59. The van der Waals surface area contributed by atoms with Crippen LogP contribution in [0.2, 0.25) is 0 Å². The molecule has 1 atom stereocenters. The molecule has 2 aromatic rings. The summed E-state index contributed by atoms with van der Waals surface area (Å²) in [6, 6.07) is 7.12. The monoisotopic (exact) mass is 400 g/mol. The number of nitrogens with two attached hydrogens (primary N) is 1. The van der Waals surface area contributed by atoms with Crippen LogP contribution in [0.25, 0.3) is 0 Å². The number of piperazine rings is 1. The summed E-state index contributed by atoms with van der Waals surface area (Å²) in [5, 5.41) is 7.23. The van der Waals surface area contributed by atoms with E-state index < -0.39 is 11.9 Å². The van der Waals surface area contributed by atoms with Crippen LogP contribution >= 0.6 is 0 Å². The van der Waals surface area contributed by atoms with Gasteiger partial charge in [0.15, 0.2) is 0 Å². The number of carbonyl (C=O) groups excluding carboxylic acids is 2. The largest absolute Gasteiger partial charge is 0.497 e. The molecule has 0 aliphatic carbocycles. The number of rotatable bonds is 6. The summed E-state index contributed by atoms with van der Waals surface area (Å²) in [6.07, 6.45) is 0. The highest BCUT2D eigenvalue weighted by atomic mass is 16.5. The Kier molecular flexibility index (Phi) is 6.07. The number of aryl methyl sites for hydroxylation is 2. The normalized spacial score (nSPS) is 17.2. The number of methoxy groups -OCH3 is 1. The molecule has 1 aromatic carbocycles. The van der Waals surface area contributed by atoms with Crippen LogP contribution in [0.1, 0.15) is 11.4 Å². The van der Waals surface area contributed by atoms with Gasteiger partial charge in [-0.05, 0) is 38.1 Å². The van der Waals surface area contributed by atoms with E-state index in [9.17, 15) is 9.59 Å². The molecule has 3 N–H and O–H groups in total. The third kappa shape index (κ3) is 4.51. The average molecular weight is 400 g/mol. The average Bonchev–Trinajstić information content (AvgIpc) is 2.94. The van der Waals surface area contributed by atoms with E-state index >= 15 is 0 Å². The number of hydrogen-bond donors (Lipinski definition) is 2. The van der Waals surface area contributed by atoms with E-state index in [4.69, 9.17) is 10.5 Å². The minimum atomic E-state index is -0.548. The van der Waals surface area contributed by atoms with Gasteiger partial charge in [0.1, 0.15) is 11.8 Å². The van der Waals surface area contributed by atoms with Gasteiger partial charge in [0.2, 0.25) is 11.8 Å². The fourth-order valence-corrected chi connectivity index (χ4v) is 3.63. The van der Waals surface area contributed by atoms with Crippen molar-refractivity contribution >= 4 is 23.2 Å². The van der Waals surface area contributed by atoms with Crippen molar-refractivity contribution in [2.45, 2.75) is 19.9 Å². The summed E-state index contributed by atoms with van der Waals surface area (Å²) < 4.78 is 6.92. The van der Waals surface area contributed by atoms with Gasteiger partial charge in [-0.2, -0.15) is 5.10 Å². The summed E-state index contributed by atoms with van der Waals surface area (Å²) in [6.45, 7) is 5.52. The summed E-state index contributed by atoms with van der Waals surface area (Å²) in [5.74, 6) is 0.148. The van der Waals surface area contributed by atoms with E-state index in [1.54, 1.807) is 11.8 Å². The fraction of sp³-hybridized carbons (Fsp3) is 0.450. The van der Waals surface area contributed by atoms with Gasteiger partial charge in [0, 0.05) is 32.4 Å². The molecule has 9 heteroatoms. The van der Waals surface area contributed by atoms with Gasteiger partial charge in [-0.3, -0.25) is 19.2 Å². The van der Waals surface area contributed by atoms with Crippen molar-refractivity contribution in [2.75, 3.05) is 43.5 Å². The Morgan fingerprint density at radius 2 is 1.93 bits per heavy atom. The molecule has 0 bridgehead atoms. The molecule has 2 amide bonds. The van der Waals surface area contributed by atoms with Crippen molar-refractivity contribution < 1.29 is 14.3 Å². The lowest BCUT2D eigenvalue weighted by Gasteiger charge is -2.40. The lowest BCUT2D eigenvalue weighted by molar-refractivity contribution is -0.125. The Morgan fingerprint density at radius 3 is 2.48 bits per heavy atom. The maximum atomic E-state index is 12.6. The molecule has 156 valence electrons. The van der Waals surface area contributed by atoms with Crippen molar-refractivity contribution in [1.82, 2.24) is 14.7 Å². The standard InChI is InChI=1S/C20H28N6O3/c1-13-19(14(2)24(3)23-13)22-18(27)12-26-10-9-25(11-17(26)20(21)28)15-5-7-16(29-4)8-6-15/h5-8,17H,9-12H2,1-4H3,(H2,21,28)(H,22,27)/t17-/m1/s1. The topological polar surface area (TPSA) is 106 Å². The third-order valence-corrected chi connectivity index (χ3v) is 5.38. The van der Waals surface area contributed by atoms with Gasteiger partial charge in [0.25, 0.3) is 0 Å². The Morgan fingerprint density at radius 1 is 1.24 bits per heavy atom. The van der Waals surface area contributed by atoms with Crippen LogP contribution in [0, 0.1) is 13.8 Å². The second-order valence-electron chi connectivity index (χ2n) is 7.25. The minimum Gasteiger partial charge on any atom is -0.497 e.